The van der Waals surface area contributed by atoms with Gasteiger partial charge in [0.2, 0.25) is 5.91 Å². The van der Waals surface area contributed by atoms with Crippen LogP contribution >= 0.6 is 0 Å². The first-order valence-electron chi connectivity index (χ1n) is 9.36. The molecule has 0 spiro atoms. The van der Waals surface area contributed by atoms with E-state index in [0.29, 0.717) is 6.61 Å². The summed E-state index contributed by atoms with van der Waals surface area (Å²) in [4.78, 5) is 14.7. The van der Waals surface area contributed by atoms with Crippen molar-refractivity contribution in [3.8, 4) is 11.3 Å². The normalized spacial score (nSPS) is 17.0. The molecule has 1 atom stereocenters. The van der Waals surface area contributed by atoms with Crippen LogP contribution in [0.15, 0.2) is 30.5 Å². The zero-order valence-corrected chi connectivity index (χ0v) is 15.9. The Labute approximate surface area is 159 Å². The first-order chi connectivity index (χ1) is 13.1. The number of piperidine rings is 1. The smallest absolute Gasteiger partial charge is 0.223 e. The second kappa shape index (κ2) is 9.10. The second-order valence-corrected chi connectivity index (χ2v) is 7.19. The Morgan fingerprint density at radius 2 is 2.07 bits per heavy atom. The quantitative estimate of drug-likeness (QED) is 0.782. The van der Waals surface area contributed by atoms with Crippen LogP contribution in [-0.4, -0.2) is 53.9 Å². The Bertz CT molecular complexity index is 739. The summed E-state index contributed by atoms with van der Waals surface area (Å²) in [7, 11) is 1.64. The number of nitrogens with one attached hydrogen (secondary N) is 2. The van der Waals surface area contributed by atoms with E-state index in [1.54, 1.807) is 19.2 Å². The highest BCUT2D eigenvalue weighted by Crippen LogP contribution is 2.25. The third kappa shape index (κ3) is 5.14. The summed E-state index contributed by atoms with van der Waals surface area (Å²) in [5, 5.41) is 10.2. The van der Waals surface area contributed by atoms with Gasteiger partial charge in [-0.2, -0.15) is 5.10 Å². The molecule has 2 N–H and O–H groups in total. The molecule has 1 aromatic heterocycles. The van der Waals surface area contributed by atoms with Crippen molar-refractivity contribution in [1.82, 2.24) is 20.4 Å². The van der Waals surface area contributed by atoms with E-state index in [4.69, 9.17) is 4.74 Å². The molecular weight excluding hydrogens is 347 g/mol. The number of hydrogen-bond acceptors (Lipinski definition) is 4. The van der Waals surface area contributed by atoms with Gasteiger partial charge in [0.1, 0.15) is 5.82 Å². The molecule has 1 saturated heterocycles. The first-order valence-corrected chi connectivity index (χ1v) is 9.36. The summed E-state index contributed by atoms with van der Waals surface area (Å²) < 4.78 is 18.2. The van der Waals surface area contributed by atoms with Gasteiger partial charge in [-0.3, -0.25) is 14.8 Å². The van der Waals surface area contributed by atoms with Crippen molar-refractivity contribution < 1.29 is 13.9 Å². The van der Waals surface area contributed by atoms with Gasteiger partial charge in [-0.1, -0.05) is 0 Å². The van der Waals surface area contributed by atoms with Crippen LogP contribution in [-0.2, 0) is 16.1 Å². The van der Waals surface area contributed by atoms with Crippen molar-refractivity contribution in [1.29, 1.82) is 0 Å². The third-order valence-corrected chi connectivity index (χ3v) is 5.01. The molecule has 1 fully saturated rings. The molecule has 0 bridgehead atoms. The number of aromatic nitrogens is 2. The second-order valence-electron chi connectivity index (χ2n) is 7.19. The van der Waals surface area contributed by atoms with Crippen LogP contribution < -0.4 is 5.32 Å². The van der Waals surface area contributed by atoms with Crippen LogP contribution in [0.1, 0.15) is 25.3 Å². The molecule has 1 aromatic carbocycles. The Morgan fingerprint density at radius 1 is 1.37 bits per heavy atom. The summed E-state index contributed by atoms with van der Waals surface area (Å²) in [6.45, 7) is 4.97. The van der Waals surface area contributed by atoms with Gasteiger partial charge < -0.3 is 10.1 Å². The molecule has 146 valence electrons. The number of likely N-dealkylation sites (tertiary alicyclic amines) is 1. The van der Waals surface area contributed by atoms with Gasteiger partial charge in [0.15, 0.2) is 0 Å². The summed E-state index contributed by atoms with van der Waals surface area (Å²) in [6.07, 6.45) is 3.51. The SMILES string of the molecule is COC[C@@H](C)NC(=O)C1CCN(Cc2cn[nH]c2-c2ccc(F)cc2)CC1. The van der Waals surface area contributed by atoms with Gasteiger partial charge in [-0.15, -0.1) is 0 Å². The number of ether oxygens (including phenoxy) is 1. The zero-order valence-electron chi connectivity index (χ0n) is 15.9. The molecule has 0 unspecified atom stereocenters. The van der Waals surface area contributed by atoms with Crippen molar-refractivity contribution in [2.45, 2.75) is 32.4 Å². The zero-order chi connectivity index (χ0) is 19.2. The fraction of sp³-hybridized carbons (Fsp3) is 0.500. The summed E-state index contributed by atoms with van der Waals surface area (Å²) >= 11 is 0. The van der Waals surface area contributed by atoms with Crippen molar-refractivity contribution in [3.05, 3.63) is 41.8 Å². The molecule has 7 heteroatoms. The van der Waals surface area contributed by atoms with Gasteiger partial charge in [-0.25, -0.2) is 4.39 Å². The standard InChI is InChI=1S/C20H27FN4O2/c1-14(13-27-2)23-20(26)16-7-9-25(10-8-16)12-17-11-22-24-19(17)15-3-5-18(21)6-4-15/h3-6,11,14,16H,7-10,12-13H2,1-2H3,(H,22,24)(H,23,26)/t14-/m1/s1. The average Bonchev–Trinajstić information content (AvgIpc) is 3.11. The molecule has 0 aliphatic carbocycles. The Hall–Kier alpha value is -2.25. The molecule has 0 saturated carbocycles. The Balaban J connectivity index is 1.54. The van der Waals surface area contributed by atoms with Gasteiger partial charge in [0, 0.05) is 36.7 Å². The largest absolute Gasteiger partial charge is 0.383 e. The minimum Gasteiger partial charge on any atom is -0.383 e. The van der Waals surface area contributed by atoms with Crippen molar-refractivity contribution >= 4 is 5.91 Å². The molecule has 3 rings (SSSR count). The predicted octanol–water partition coefficient (Wildman–Crippen LogP) is 2.58. The van der Waals surface area contributed by atoms with E-state index in [-0.39, 0.29) is 23.7 Å². The lowest BCUT2D eigenvalue weighted by Gasteiger charge is -2.31. The molecule has 2 heterocycles. The number of amides is 1. The number of methoxy groups -OCH3 is 1. The molecule has 6 nitrogen and oxygen atoms in total. The van der Waals surface area contributed by atoms with E-state index in [1.807, 2.05) is 13.1 Å². The molecule has 0 radical (unpaired) electrons. The lowest BCUT2D eigenvalue weighted by molar-refractivity contribution is -0.127. The summed E-state index contributed by atoms with van der Waals surface area (Å²) in [5.41, 5.74) is 2.92. The molecule has 1 aliphatic rings. The van der Waals surface area contributed by atoms with E-state index in [9.17, 15) is 9.18 Å². The maximum atomic E-state index is 13.2. The molecule has 1 amide bonds. The number of H-pyrrole nitrogens is 1. The van der Waals surface area contributed by atoms with Crippen LogP contribution in [0.4, 0.5) is 4.39 Å². The maximum Gasteiger partial charge on any atom is 0.223 e. The topological polar surface area (TPSA) is 70.2 Å². The van der Waals surface area contributed by atoms with Gasteiger partial charge >= 0.3 is 0 Å². The van der Waals surface area contributed by atoms with Crippen molar-refractivity contribution in [2.24, 2.45) is 5.92 Å². The van der Waals surface area contributed by atoms with Crippen LogP contribution in [0, 0.1) is 11.7 Å². The van der Waals surface area contributed by atoms with Crippen molar-refractivity contribution in [2.75, 3.05) is 26.8 Å². The van der Waals surface area contributed by atoms with E-state index in [0.717, 1.165) is 49.3 Å². The van der Waals surface area contributed by atoms with E-state index < -0.39 is 0 Å². The highest BCUT2D eigenvalue weighted by molar-refractivity contribution is 5.79. The minimum absolute atomic E-state index is 0.0322. The Morgan fingerprint density at radius 3 is 2.74 bits per heavy atom. The third-order valence-electron chi connectivity index (χ3n) is 5.01. The van der Waals surface area contributed by atoms with E-state index >= 15 is 0 Å². The van der Waals surface area contributed by atoms with E-state index in [2.05, 4.69) is 20.4 Å². The van der Waals surface area contributed by atoms with Crippen molar-refractivity contribution in [3.63, 3.8) is 0 Å². The minimum atomic E-state index is -0.250. The highest BCUT2D eigenvalue weighted by atomic mass is 19.1. The van der Waals surface area contributed by atoms with Crippen LogP contribution in [0.5, 0.6) is 0 Å². The summed E-state index contributed by atoms with van der Waals surface area (Å²) in [5.74, 6) is -0.0732. The fourth-order valence-electron chi connectivity index (χ4n) is 3.54. The summed E-state index contributed by atoms with van der Waals surface area (Å²) in [6, 6.07) is 6.45. The monoisotopic (exact) mass is 374 g/mol. The fourth-order valence-corrected chi connectivity index (χ4v) is 3.54. The Kier molecular flexibility index (Phi) is 6.58. The van der Waals surface area contributed by atoms with Gasteiger partial charge in [-0.05, 0) is 57.1 Å². The van der Waals surface area contributed by atoms with Gasteiger partial charge in [0.05, 0.1) is 18.5 Å². The molecule has 27 heavy (non-hydrogen) atoms. The number of halogens is 1. The number of carbonyl (C=O) groups excluding carboxylic acids is 1. The molecule has 1 aliphatic heterocycles. The number of benzene rings is 1. The lowest BCUT2D eigenvalue weighted by atomic mass is 9.95. The van der Waals surface area contributed by atoms with Gasteiger partial charge in [0.25, 0.3) is 0 Å². The number of carbonyl (C=O) groups is 1. The van der Waals surface area contributed by atoms with Crippen LogP contribution in [0.3, 0.4) is 0 Å². The highest BCUT2D eigenvalue weighted by Gasteiger charge is 2.26. The molecular formula is C20H27FN4O2. The number of rotatable bonds is 7. The molecule has 2 aromatic rings. The number of aromatic amines is 1. The average molecular weight is 374 g/mol. The van der Waals surface area contributed by atoms with E-state index in [1.165, 1.54) is 12.1 Å². The number of hydrogen-bond donors (Lipinski definition) is 2. The lowest BCUT2D eigenvalue weighted by Crippen LogP contribution is -2.44. The van der Waals surface area contributed by atoms with Crippen LogP contribution in [0.2, 0.25) is 0 Å². The maximum absolute atomic E-state index is 13.2. The van der Waals surface area contributed by atoms with Crippen LogP contribution in [0.25, 0.3) is 11.3 Å². The first kappa shape index (κ1) is 19.5. The number of nitrogens with zero attached hydrogens (tertiary/aromatic N) is 2. The predicted molar refractivity (Wildman–Crippen MR) is 101 cm³/mol.